The lowest BCUT2D eigenvalue weighted by atomic mass is 9.82. The molecule has 1 aliphatic rings. The van der Waals surface area contributed by atoms with Gasteiger partial charge in [0.2, 0.25) is 0 Å². The Morgan fingerprint density at radius 1 is 1.47 bits per heavy atom. The average Bonchev–Trinajstić information content (AvgIpc) is 2.30. The first-order valence-corrected chi connectivity index (χ1v) is 5.53. The van der Waals surface area contributed by atoms with E-state index in [2.05, 4.69) is 0 Å². The predicted octanol–water partition coefficient (Wildman–Crippen LogP) is 2.18. The number of rotatable bonds is 2. The lowest BCUT2D eigenvalue weighted by Crippen LogP contribution is -2.27. The molecular weight excluding hydrogens is 244 g/mol. The van der Waals surface area contributed by atoms with Gasteiger partial charge in [-0.1, -0.05) is 11.6 Å². The Morgan fingerprint density at radius 2 is 2.18 bits per heavy atom. The van der Waals surface area contributed by atoms with E-state index in [0.717, 1.165) is 0 Å². The molecule has 1 aromatic rings. The lowest BCUT2D eigenvalue weighted by Gasteiger charge is -2.23. The van der Waals surface area contributed by atoms with Crippen molar-refractivity contribution in [3.05, 3.63) is 28.3 Å². The van der Waals surface area contributed by atoms with Gasteiger partial charge in [0.1, 0.15) is 5.75 Å². The van der Waals surface area contributed by atoms with Crippen LogP contribution >= 0.6 is 11.6 Å². The first kappa shape index (κ1) is 11.9. The standard InChI is InChI=1S/C12H11ClO4/c1-17-10-3-2-8(13)7-4-6(12(15)16)5-9(14)11(7)10/h2-3,6H,4-5H2,1H3,(H,15,16)/t6-/m0/s1. The molecule has 1 atom stereocenters. The van der Waals surface area contributed by atoms with Gasteiger partial charge in [0, 0.05) is 11.4 Å². The summed E-state index contributed by atoms with van der Waals surface area (Å²) >= 11 is 6.01. The number of ketones is 1. The normalized spacial score (nSPS) is 18.7. The van der Waals surface area contributed by atoms with Gasteiger partial charge in [-0.15, -0.1) is 0 Å². The molecule has 4 nitrogen and oxygen atoms in total. The summed E-state index contributed by atoms with van der Waals surface area (Å²) in [5, 5.41) is 9.39. The van der Waals surface area contributed by atoms with E-state index < -0.39 is 11.9 Å². The van der Waals surface area contributed by atoms with Crippen molar-refractivity contribution in [3.63, 3.8) is 0 Å². The second-order valence-corrected chi connectivity index (χ2v) is 4.38. The number of carbonyl (C=O) groups excluding carboxylic acids is 1. The van der Waals surface area contributed by atoms with Crippen molar-refractivity contribution in [1.29, 1.82) is 0 Å². The molecule has 1 N–H and O–H groups in total. The molecule has 0 fully saturated rings. The van der Waals surface area contributed by atoms with Crippen LogP contribution in [0.5, 0.6) is 5.75 Å². The number of aliphatic carboxylic acids is 1. The maximum atomic E-state index is 11.9. The van der Waals surface area contributed by atoms with Crippen LogP contribution in [0, 0.1) is 5.92 Å². The van der Waals surface area contributed by atoms with Gasteiger partial charge < -0.3 is 9.84 Å². The number of Topliss-reactive ketones (excluding diaryl/α,β-unsaturated/α-hetero) is 1. The smallest absolute Gasteiger partial charge is 0.307 e. The maximum Gasteiger partial charge on any atom is 0.307 e. The van der Waals surface area contributed by atoms with E-state index in [1.807, 2.05) is 0 Å². The summed E-state index contributed by atoms with van der Waals surface area (Å²) in [7, 11) is 1.47. The third-order valence-electron chi connectivity index (χ3n) is 2.95. The van der Waals surface area contributed by atoms with Crippen LogP contribution in [0.25, 0.3) is 0 Å². The first-order valence-electron chi connectivity index (χ1n) is 5.16. The van der Waals surface area contributed by atoms with Gasteiger partial charge in [-0.3, -0.25) is 9.59 Å². The Kier molecular flexibility index (Phi) is 3.07. The fourth-order valence-corrected chi connectivity index (χ4v) is 2.33. The molecule has 0 amide bonds. The van der Waals surface area contributed by atoms with Gasteiger partial charge in [-0.2, -0.15) is 0 Å². The predicted molar refractivity (Wildman–Crippen MR) is 61.8 cm³/mol. The monoisotopic (exact) mass is 254 g/mol. The average molecular weight is 255 g/mol. The first-order chi connectivity index (χ1) is 8.04. The van der Waals surface area contributed by atoms with Gasteiger partial charge in [-0.25, -0.2) is 0 Å². The molecule has 0 bridgehead atoms. The number of hydrogen-bond donors (Lipinski definition) is 1. The Hall–Kier alpha value is -1.55. The van der Waals surface area contributed by atoms with E-state index in [4.69, 9.17) is 21.4 Å². The largest absolute Gasteiger partial charge is 0.496 e. The molecule has 0 heterocycles. The Morgan fingerprint density at radius 3 is 2.76 bits per heavy atom. The molecule has 0 radical (unpaired) electrons. The van der Waals surface area contributed by atoms with Crippen molar-refractivity contribution < 1.29 is 19.4 Å². The Balaban J connectivity index is 2.54. The number of halogens is 1. The van der Waals surface area contributed by atoms with E-state index >= 15 is 0 Å². The lowest BCUT2D eigenvalue weighted by molar-refractivity contribution is -0.141. The number of carboxylic acids is 1. The number of methoxy groups -OCH3 is 1. The number of ether oxygens (including phenoxy) is 1. The zero-order valence-corrected chi connectivity index (χ0v) is 9.95. The van der Waals surface area contributed by atoms with E-state index in [-0.39, 0.29) is 18.6 Å². The quantitative estimate of drug-likeness (QED) is 0.879. The molecule has 0 spiro atoms. The summed E-state index contributed by atoms with van der Waals surface area (Å²) in [6, 6.07) is 3.25. The molecule has 17 heavy (non-hydrogen) atoms. The molecule has 0 aromatic heterocycles. The van der Waals surface area contributed by atoms with E-state index in [1.165, 1.54) is 7.11 Å². The molecule has 1 aliphatic carbocycles. The highest BCUT2D eigenvalue weighted by atomic mass is 35.5. The third kappa shape index (κ3) is 2.00. The minimum atomic E-state index is -0.970. The number of carbonyl (C=O) groups is 2. The molecule has 0 aliphatic heterocycles. The maximum absolute atomic E-state index is 11.9. The number of benzene rings is 1. The highest BCUT2D eigenvalue weighted by Gasteiger charge is 2.33. The summed E-state index contributed by atoms with van der Waals surface area (Å²) in [5.74, 6) is -1.43. The van der Waals surface area contributed by atoms with Crippen molar-refractivity contribution in [3.8, 4) is 5.75 Å². The Bertz CT molecular complexity index is 496. The van der Waals surface area contributed by atoms with Gasteiger partial charge in [-0.05, 0) is 24.1 Å². The van der Waals surface area contributed by atoms with Crippen molar-refractivity contribution in [2.24, 2.45) is 5.92 Å². The van der Waals surface area contributed by atoms with Crippen LogP contribution < -0.4 is 4.74 Å². The van der Waals surface area contributed by atoms with Crippen LogP contribution in [0.2, 0.25) is 5.02 Å². The topological polar surface area (TPSA) is 63.6 Å². The molecule has 1 aromatic carbocycles. The van der Waals surface area contributed by atoms with Crippen LogP contribution in [-0.2, 0) is 11.2 Å². The Labute approximate surface area is 103 Å². The minimum absolute atomic E-state index is 0.000957. The summed E-state index contributed by atoms with van der Waals surface area (Å²) in [5.41, 5.74) is 1.01. The molecule has 90 valence electrons. The van der Waals surface area contributed by atoms with Crippen molar-refractivity contribution in [2.45, 2.75) is 12.8 Å². The van der Waals surface area contributed by atoms with Crippen molar-refractivity contribution in [2.75, 3.05) is 7.11 Å². The molecule has 2 rings (SSSR count). The zero-order valence-electron chi connectivity index (χ0n) is 9.20. The van der Waals surface area contributed by atoms with E-state index in [9.17, 15) is 9.59 Å². The second kappa shape index (κ2) is 4.37. The van der Waals surface area contributed by atoms with Crippen LogP contribution in [0.1, 0.15) is 22.3 Å². The fourth-order valence-electron chi connectivity index (χ4n) is 2.10. The second-order valence-electron chi connectivity index (χ2n) is 3.97. The number of fused-ring (bicyclic) bond motifs is 1. The summed E-state index contributed by atoms with van der Waals surface area (Å²) < 4.78 is 5.11. The highest BCUT2D eigenvalue weighted by Crippen LogP contribution is 2.36. The third-order valence-corrected chi connectivity index (χ3v) is 3.30. The van der Waals surface area contributed by atoms with Gasteiger partial charge in [0.15, 0.2) is 5.78 Å². The van der Waals surface area contributed by atoms with Crippen LogP contribution in [0.4, 0.5) is 0 Å². The molecule has 0 saturated carbocycles. The van der Waals surface area contributed by atoms with Crippen molar-refractivity contribution >= 4 is 23.4 Å². The molecular formula is C12H11ClO4. The minimum Gasteiger partial charge on any atom is -0.496 e. The highest BCUT2D eigenvalue weighted by molar-refractivity contribution is 6.32. The SMILES string of the molecule is COc1ccc(Cl)c2c1C(=O)C[C@@H](C(=O)O)C2. The number of hydrogen-bond acceptors (Lipinski definition) is 3. The van der Waals surface area contributed by atoms with Crippen LogP contribution in [0.3, 0.4) is 0 Å². The molecule has 0 unspecified atom stereocenters. The molecule has 0 saturated heterocycles. The zero-order chi connectivity index (χ0) is 12.6. The van der Waals surface area contributed by atoms with Gasteiger partial charge in [0.05, 0.1) is 18.6 Å². The summed E-state index contributed by atoms with van der Waals surface area (Å²) in [4.78, 5) is 22.9. The van der Waals surface area contributed by atoms with Gasteiger partial charge in [0.25, 0.3) is 0 Å². The summed E-state index contributed by atoms with van der Waals surface area (Å²) in [6.45, 7) is 0. The fraction of sp³-hybridized carbons (Fsp3) is 0.333. The summed E-state index contributed by atoms with van der Waals surface area (Å²) in [6.07, 6.45) is 0.269. The number of carboxylic acid groups (broad SMARTS) is 1. The van der Waals surface area contributed by atoms with Crippen molar-refractivity contribution in [1.82, 2.24) is 0 Å². The van der Waals surface area contributed by atoms with Crippen LogP contribution in [0.15, 0.2) is 12.1 Å². The van der Waals surface area contributed by atoms with Gasteiger partial charge >= 0.3 is 5.97 Å². The molecule has 5 heteroatoms. The van der Waals surface area contributed by atoms with E-state index in [1.54, 1.807) is 12.1 Å². The van der Waals surface area contributed by atoms with Crippen LogP contribution in [-0.4, -0.2) is 24.0 Å². The van der Waals surface area contributed by atoms with E-state index in [0.29, 0.717) is 21.9 Å².